The lowest BCUT2D eigenvalue weighted by atomic mass is 10.3. The van der Waals surface area contributed by atoms with Gasteiger partial charge >= 0.3 is 0 Å². The first-order chi connectivity index (χ1) is 8.90. The highest BCUT2D eigenvalue weighted by molar-refractivity contribution is 9.10. The molecule has 0 fully saturated rings. The van der Waals surface area contributed by atoms with Crippen LogP contribution >= 0.6 is 15.9 Å². The molecule has 0 bridgehead atoms. The molecular weight excluding hydrogens is 334 g/mol. The van der Waals surface area contributed by atoms with Crippen LogP contribution in [0.15, 0.2) is 38.6 Å². The van der Waals surface area contributed by atoms with E-state index < -0.39 is 16.1 Å². The lowest BCUT2D eigenvalue weighted by molar-refractivity contribution is 0.439. The Balaban J connectivity index is 2.24. The van der Waals surface area contributed by atoms with Crippen molar-refractivity contribution in [2.75, 3.05) is 0 Å². The van der Waals surface area contributed by atoms with E-state index >= 15 is 0 Å². The van der Waals surface area contributed by atoms with Crippen molar-refractivity contribution >= 4 is 26.0 Å². The lowest BCUT2D eigenvalue weighted by Gasteiger charge is -2.12. The molecule has 2 rings (SSSR count). The average Bonchev–Trinajstić information content (AvgIpc) is 2.75. The number of aromatic nitrogens is 2. The zero-order chi connectivity index (χ0) is 14.0. The number of rotatable bonds is 4. The Hall–Kier alpha value is -1.25. The Labute approximate surface area is 119 Å². The maximum absolute atomic E-state index is 12.1. The molecule has 19 heavy (non-hydrogen) atoms. The molecule has 2 aromatic rings. The Kier molecular flexibility index (Phi) is 4.02. The van der Waals surface area contributed by atoms with Crippen LogP contribution in [0.2, 0.25) is 0 Å². The van der Waals surface area contributed by atoms with E-state index in [1.54, 1.807) is 19.2 Å². The second-order valence-electron chi connectivity index (χ2n) is 3.96. The van der Waals surface area contributed by atoms with Crippen molar-refractivity contribution in [1.29, 1.82) is 0 Å². The second-order valence-corrected chi connectivity index (χ2v) is 6.42. The number of nitrogens with zero attached hydrogens (tertiary/aromatic N) is 2. The Morgan fingerprint density at radius 2 is 2.16 bits per heavy atom. The fourth-order valence-electron chi connectivity index (χ4n) is 1.49. The van der Waals surface area contributed by atoms with Gasteiger partial charge in [0.05, 0.1) is 16.8 Å². The molecule has 6 nitrogen and oxygen atoms in total. The molecule has 1 unspecified atom stereocenters. The van der Waals surface area contributed by atoms with Crippen molar-refractivity contribution < 1.29 is 12.8 Å². The van der Waals surface area contributed by atoms with Crippen LogP contribution in [0.1, 0.15) is 24.5 Å². The van der Waals surface area contributed by atoms with Crippen molar-refractivity contribution in [2.45, 2.75) is 25.0 Å². The first-order valence-corrected chi connectivity index (χ1v) is 7.72. The molecule has 0 saturated heterocycles. The quantitative estimate of drug-likeness (QED) is 0.917. The summed E-state index contributed by atoms with van der Waals surface area (Å²) in [7, 11) is -3.75. The van der Waals surface area contributed by atoms with Crippen molar-refractivity contribution in [1.82, 2.24) is 14.7 Å². The predicted octanol–water partition coefficient (Wildman–Crippen LogP) is 2.18. The van der Waals surface area contributed by atoms with Gasteiger partial charge in [0.25, 0.3) is 10.0 Å². The monoisotopic (exact) mass is 345 g/mol. The van der Waals surface area contributed by atoms with Gasteiger partial charge < -0.3 is 4.42 Å². The number of hydrogen-bond acceptors (Lipinski definition) is 5. The first kappa shape index (κ1) is 14.2. The molecule has 2 aromatic heterocycles. The molecule has 2 heterocycles. The summed E-state index contributed by atoms with van der Waals surface area (Å²) in [4.78, 5) is 8.23. The fourth-order valence-corrected chi connectivity index (χ4v) is 3.51. The van der Waals surface area contributed by atoms with Gasteiger partial charge in [-0.15, -0.1) is 0 Å². The van der Waals surface area contributed by atoms with E-state index in [2.05, 4.69) is 30.6 Å². The summed E-state index contributed by atoms with van der Waals surface area (Å²) < 4.78 is 32.0. The molecule has 0 saturated carbocycles. The van der Waals surface area contributed by atoms with E-state index in [1.165, 1.54) is 12.3 Å². The summed E-state index contributed by atoms with van der Waals surface area (Å²) in [6.45, 7) is 3.48. The first-order valence-electron chi connectivity index (χ1n) is 5.45. The minimum absolute atomic E-state index is 0.160. The van der Waals surface area contributed by atoms with E-state index in [0.29, 0.717) is 10.3 Å². The molecule has 0 aliphatic carbocycles. The van der Waals surface area contributed by atoms with Crippen LogP contribution in [0.25, 0.3) is 0 Å². The highest BCUT2D eigenvalue weighted by atomic mass is 79.9. The number of furan rings is 1. The van der Waals surface area contributed by atoms with Crippen LogP contribution in [0.3, 0.4) is 0 Å². The van der Waals surface area contributed by atoms with Crippen LogP contribution in [0, 0.1) is 6.92 Å². The SMILES string of the molecule is Cc1ccnc(C(C)NS(=O)(=O)c2occc2Br)n1. The van der Waals surface area contributed by atoms with Crippen molar-refractivity contribution in [3.8, 4) is 0 Å². The van der Waals surface area contributed by atoms with Gasteiger partial charge in [-0.2, -0.15) is 4.72 Å². The molecule has 8 heteroatoms. The van der Waals surface area contributed by atoms with Gasteiger partial charge in [-0.3, -0.25) is 0 Å². The smallest absolute Gasteiger partial charge is 0.275 e. The van der Waals surface area contributed by atoms with Crippen LogP contribution in [0.5, 0.6) is 0 Å². The van der Waals surface area contributed by atoms with Crippen LogP contribution in [-0.4, -0.2) is 18.4 Å². The van der Waals surface area contributed by atoms with Crippen molar-refractivity contribution in [2.24, 2.45) is 0 Å². The molecule has 1 N–H and O–H groups in total. The zero-order valence-electron chi connectivity index (χ0n) is 10.3. The largest absolute Gasteiger partial charge is 0.451 e. The van der Waals surface area contributed by atoms with Gasteiger partial charge in [-0.25, -0.2) is 18.4 Å². The highest BCUT2D eigenvalue weighted by Crippen LogP contribution is 2.24. The van der Waals surface area contributed by atoms with Gasteiger partial charge in [-0.05, 0) is 41.9 Å². The van der Waals surface area contributed by atoms with Gasteiger partial charge in [-0.1, -0.05) is 0 Å². The third-order valence-electron chi connectivity index (χ3n) is 2.36. The summed E-state index contributed by atoms with van der Waals surface area (Å²) in [5.41, 5.74) is 0.773. The third kappa shape index (κ3) is 3.20. The molecular formula is C11H12BrN3O3S. The minimum atomic E-state index is -3.75. The fraction of sp³-hybridized carbons (Fsp3) is 0.273. The summed E-state index contributed by atoms with van der Waals surface area (Å²) in [6.07, 6.45) is 2.89. The molecule has 0 radical (unpaired) electrons. The van der Waals surface area contributed by atoms with E-state index in [0.717, 1.165) is 5.69 Å². The van der Waals surface area contributed by atoms with Gasteiger partial charge in [0.2, 0.25) is 5.09 Å². The van der Waals surface area contributed by atoms with E-state index in [-0.39, 0.29) is 5.09 Å². The summed E-state index contributed by atoms with van der Waals surface area (Å²) >= 11 is 3.12. The molecule has 102 valence electrons. The van der Waals surface area contributed by atoms with Crippen LogP contribution in [0.4, 0.5) is 0 Å². The minimum Gasteiger partial charge on any atom is -0.451 e. The normalized spacial score (nSPS) is 13.4. The van der Waals surface area contributed by atoms with Gasteiger partial charge in [0, 0.05) is 11.9 Å². The number of halogens is 1. The van der Waals surface area contributed by atoms with E-state index in [4.69, 9.17) is 4.42 Å². The standard InChI is InChI=1S/C11H12BrN3O3S/c1-7-3-5-13-10(14-7)8(2)15-19(16,17)11-9(12)4-6-18-11/h3-6,8,15H,1-2H3. The number of aryl methyl sites for hydroxylation is 1. The maximum Gasteiger partial charge on any atom is 0.275 e. The topological polar surface area (TPSA) is 85.1 Å². The Morgan fingerprint density at radius 1 is 1.42 bits per heavy atom. The van der Waals surface area contributed by atoms with E-state index in [1.807, 2.05) is 6.92 Å². The van der Waals surface area contributed by atoms with E-state index in [9.17, 15) is 8.42 Å². The Bertz CT molecular complexity index is 684. The predicted molar refractivity (Wildman–Crippen MR) is 71.9 cm³/mol. The molecule has 0 spiro atoms. The summed E-state index contributed by atoms with van der Waals surface area (Å²) in [6, 6.07) is 2.71. The molecule has 0 amide bonds. The van der Waals surface area contributed by atoms with Crippen LogP contribution in [-0.2, 0) is 10.0 Å². The number of sulfonamides is 1. The van der Waals surface area contributed by atoms with Crippen LogP contribution < -0.4 is 4.72 Å². The lowest BCUT2D eigenvalue weighted by Crippen LogP contribution is -2.28. The molecule has 1 atom stereocenters. The number of hydrogen-bond donors (Lipinski definition) is 1. The molecule has 0 aliphatic heterocycles. The maximum atomic E-state index is 12.1. The highest BCUT2D eigenvalue weighted by Gasteiger charge is 2.25. The summed E-state index contributed by atoms with van der Waals surface area (Å²) in [5, 5.41) is -0.160. The second kappa shape index (κ2) is 5.40. The van der Waals surface area contributed by atoms with Gasteiger partial charge in [0.15, 0.2) is 0 Å². The van der Waals surface area contributed by atoms with Crippen molar-refractivity contribution in [3.63, 3.8) is 0 Å². The third-order valence-corrected chi connectivity index (χ3v) is 4.72. The molecule has 0 aromatic carbocycles. The molecule has 0 aliphatic rings. The van der Waals surface area contributed by atoms with Gasteiger partial charge in [0.1, 0.15) is 5.82 Å². The Morgan fingerprint density at radius 3 is 2.74 bits per heavy atom. The average molecular weight is 346 g/mol. The summed E-state index contributed by atoms with van der Waals surface area (Å²) in [5.74, 6) is 0.409. The number of nitrogens with one attached hydrogen (secondary N) is 1. The van der Waals surface area contributed by atoms with Crippen molar-refractivity contribution in [3.05, 3.63) is 40.6 Å². The zero-order valence-corrected chi connectivity index (χ0v) is 12.7.